The fraction of sp³-hybridized carbons (Fsp3) is 0.278. The molecule has 1 aliphatic rings. The Hall–Kier alpha value is -2.36. The van der Waals surface area contributed by atoms with Gasteiger partial charge in [0.05, 0.1) is 0 Å². The van der Waals surface area contributed by atoms with Crippen molar-refractivity contribution in [1.82, 2.24) is 0 Å². The molecule has 1 unspecified atom stereocenters. The number of primary amides is 1. The number of hydrogen-bond acceptors (Lipinski definition) is 2. The number of benzene rings is 2. The summed E-state index contributed by atoms with van der Waals surface area (Å²) in [5.41, 5.74) is 8.85. The molecule has 4 heteroatoms. The average molecular weight is 299 g/mol. The molecule has 0 radical (unpaired) electrons. The van der Waals surface area contributed by atoms with Crippen LogP contribution in [0.25, 0.3) is 11.1 Å². The average Bonchev–Trinajstić information content (AvgIpc) is 2.68. The summed E-state index contributed by atoms with van der Waals surface area (Å²) in [6.45, 7) is 4.09. The molecule has 0 saturated carbocycles. The first-order valence-electron chi connectivity index (χ1n) is 7.22. The summed E-state index contributed by atoms with van der Waals surface area (Å²) in [4.78, 5) is 11.1. The molecule has 2 aromatic carbocycles. The SMILES string of the molecule is CC1(C)Cc2cc(-c3cccc(F)c3)ccc2C1OC(N)=O. The van der Waals surface area contributed by atoms with Crippen molar-refractivity contribution < 1.29 is 13.9 Å². The topological polar surface area (TPSA) is 52.3 Å². The largest absolute Gasteiger partial charge is 0.441 e. The summed E-state index contributed by atoms with van der Waals surface area (Å²) in [7, 11) is 0. The molecule has 114 valence electrons. The van der Waals surface area contributed by atoms with Crippen LogP contribution < -0.4 is 5.73 Å². The van der Waals surface area contributed by atoms with Crippen molar-refractivity contribution in [3.63, 3.8) is 0 Å². The number of nitrogens with two attached hydrogens (primary N) is 1. The molecular weight excluding hydrogens is 281 g/mol. The van der Waals surface area contributed by atoms with Crippen LogP contribution in [0.2, 0.25) is 0 Å². The first kappa shape index (κ1) is 14.6. The standard InChI is InChI=1S/C18H18FNO2/c1-18(2)10-13-8-12(11-4-3-5-14(19)9-11)6-7-15(13)16(18)22-17(20)21/h3-9,16H,10H2,1-2H3,(H2,20,21). The molecule has 1 atom stereocenters. The Kier molecular flexibility index (Phi) is 3.39. The quantitative estimate of drug-likeness (QED) is 0.903. The van der Waals surface area contributed by atoms with Gasteiger partial charge in [-0.2, -0.15) is 0 Å². The number of fused-ring (bicyclic) bond motifs is 1. The Balaban J connectivity index is 2.01. The Morgan fingerprint density at radius 2 is 1.95 bits per heavy atom. The van der Waals surface area contributed by atoms with Crippen molar-refractivity contribution in [1.29, 1.82) is 0 Å². The number of amides is 1. The summed E-state index contributed by atoms with van der Waals surface area (Å²) in [5.74, 6) is -0.256. The first-order chi connectivity index (χ1) is 10.4. The fourth-order valence-corrected chi connectivity index (χ4v) is 3.21. The van der Waals surface area contributed by atoms with Gasteiger partial charge in [-0.25, -0.2) is 9.18 Å². The van der Waals surface area contributed by atoms with Crippen LogP contribution in [0.3, 0.4) is 0 Å². The predicted molar refractivity (Wildman–Crippen MR) is 82.7 cm³/mol. The van der Waals surface area contributed by atoms with Crippen LogP contribution in [0.15, 0.2) is 42.5 Å². The molecule has 22 heavy (non-hydrogen) atoms. The van der Waals surface area contributed by atoms with Gasteiger partial charge in [0.25, 0.3) is 0 Å². The highest BCUT2D eigenvalue weighted by Gasteiger charge is 2.41. The fourth-order valence-electron chi connectivity index (χ4n) is 3.21. The molecule has 3 nitrogen and oxygen atoms in total. The van der Waals surface area contributed by atoms with E-state index in [1.54, 1.807) is 6.07 Å². The van der Waals surface area contributed by atoms with E-state index in [-0.39, 0.29) is 17.3 Å². The van der Waals surface area contributed by atoms with Gasteiger partial charge in [0.1, 0.15) is 11.9 Å². The van der Waals surface area contributed by atoms with Gasteiger partial charge in [0.2, 0.25) is 0 Å². The second kappa shape index (κ2) is 5.13. The van der Waals surface area contributed by atoms with Gasteiger partial charge >= 0.3 is 6.09 Å². The van der Waals surface area contributed by atoms with Crippen LogP contribution >= 0.6 is 0 Å². The molecule has 2 aromatic rings. The summed E-state index contributed by atoms with van der Waals surface area (Å²) < 4.78 is 18.7. The van der Waals surface area contributed by atoms with Crippen LogP contribution in [0.4, 0.5) is 9.18 Å². The zero-order valence-corrected chi connectivity index (χ0v) is 12.6. The Morgan fingerprint density at radius 3 is 2.64 bits per heavy atom. The molecule has 0 fully saturated rings. The van der Waals surface area contributed by atoms with Crippen molar-refractivity contribution >= 4 is 6.09 Å². The van der Waals surface area contributed by atoms with Crippen LogP contribution in [0, 0.1) is 11.2 Å². The van der Waals surface area contributed by atoms with Gasteiger partial charge in [-0.1, -0.05) is 44.2 Å². The summed E-state index contributed by atoms with van der Waals surface area (Å²) in [5, 5.41) is 0. The lowest BCUT2D eigenvalue weighted by Crippen LogP contribution is -2.25. The minimum atomic E-state index is -0.764. The lowest BCUT2D eigenvalue weighted by molar-refractivity contribution is 0.0392. The van der Waals surface area contributed by atoms with Crippen molar-refractivity contribution in [3.05, 3.63) is 59.4 Å². The van der Waals surface area contributed by atoms with E-state index in [1.807, 2.05) is 38.1 Å². The Labute approximate surface area is 128 Å². The van der Waals surface area contributed by atoms with E-state index in [0.29, 0.717) is 0 Å². The van der Waals surface area contributed by atoms with Gasteiger partial charge in [0.15, 0.2) is 0 Å². The first-order valence-corrected chi connectivity index (χ1v) is 7.22. The lowest BCUT2D eigenvalue weighted by atomic mass is 9.87. The number of carbonyl (C=O) groups is 1. The minimum absolute atomic E-state index is 0.210. The van der Waals surface area contributed by atoms with Crippen molar-refractivity contribution in [2.75, 3.05) is 0 Å². The highest BCUT2D eigenvalue weighted by Crippen LogP contribution is 2.48. The predicted octanol–water partition coefficient (Wildman–Crippen LogP) is 4.21. The molecule has 0 heterocycles. The number of hydrogen-bond donors (Lipinski definition) is 1. The molecule has 2 N–H and O–H groups in total. The molecule has 1 amide bonds. The third kappa shape index (κ3) is 2.56. The maximum absolute atomic E-state index is 13.4. The van der Waals surface area contributed by atoms with Gasteiger partial charge in [-0.05, 0) is 40.8 Å². The van der Waals surface area contributed by atoms with Gasteiger partial charge in [0, 0.05) is 5.41 Å². The van der Waals surface area contributed by atoms with E-state index in [0.717, 1.165) is 28.7 Å². The zero-order valence-electron chi connectivity index (χ0n) is 12.6. The monoisotopic (exact) mass is 299 g/mol. The van der Waals surface area contributed by atoms with E-state index < -0.39 is 6.09 Å². The molecule has 0 aromatic heterocycles. The third-order valence-corrected chi connectivity index (χ3v) is 4.17. The second-order valence-electron chi connectivity index (χ2n) is 6.41. The summed E-state index contributed by atoms with van der Waals surface area (Å²) >= 11 is 0. The number of rotatable bonds is 2. The van der Waals surface area contributed by atoms with Gasteiger partial charge in [-0.15, -0.1) is 0 Å². The molecule has 0 aliphatic heterocycles. The molecule has 0 spiro atoms. The van der Waals surface area contributed by atoms with E-state index in [2.05, 4.69) is 0 Å². The molecule has 0 saturated heterocycles. The highest BCUT2D eigenvalue weighted by molar-refractivity contribution is 5.67. The maximum Gasteiger partial charge on any atom is 0.405 e. The Bertz CT molecular complexity index is 740. The van der Waals surface area contributed by atoms with E-state index in [4.69, 9.17) is 10.5 Å². The minimum Gasteiger partial charge on any atom is -0.441 e. The van der Waals surface area contributed by atoms with E-state index in [1.165, 1.54) is 12.1 Å². The van der Waals surface area contributed by atoms with Gasteiger partial charge < -0.3 is 10.5 Å². The van der Waals surface area contributed by atoms with Crippen LogP contribution in [0.1, 0.15) is 31.1 Å². The number of ether oxygens (including phenoxy) is 1. The second-order valence-corrected chi connectivity index (χ2v) is 6.41. The van der Waals surface area contributed by atoms with Gasteiger partial charge in [-0.3, -0.25) is 0 Å². The van der Waals surface area contributed by atoms with Crippen molar-refractivity contribution in [2.24, 2.45) is 11.1 Å². The van der Waals surface area contributed by atoms with Crippen LogP contribution in [-0.4, -0.2) is 6.09 Å². The highest BCUT2D eigenvalue weighted by atomic mass is 19.1. The molecular formula is C18H18FNO2. The van der Waals surface area contributed by atoms with Crippen molar-refractivity contribution in [3.8, 4) is 11.1 Å². The Morgan fingerprint density at radius 1 is 1.23 bits per heavy atom. The number of carbonyl (C=O) groups excluding carboxylic acids is 1. The third-order valence-electron chi connectivity index (χ3n) is 4.17. The summed E-state index contributed by atoms with van der Waals surface area (Å²) in [6, 6.07) is 12.4. The van der Waals surface area contributed by atoms with E-state index in [9.17, 15) is 9.18 Å². The number of halogens is 1. The molecule has 1 aliphatic carbocycles. The molecule has 0 bridgehead atoms. The van der Waals surface area contributed by atoms with Crippen LogP contribution in [0.5, 0.6) is 0 Å². The van der Waals surface area contributed by atoms with Crippen molar-refractivity contribution in [2.45, 2.75) is 26.4 Å². The maximum atomic E-state index is 13.4. The van der Waals surface area contributed by atoms with Crippen LogP contribution in [-0.2, 0) is 11.2 Å². The lowest BCUT2D eigenvalue weighted by Gasteiger charge is -2.26. The zero-order chi connectivity index (χ0) is 15.9. The normalized spacial score (nSPS) is 18.8. The summed E-state index contributed by atoms with van der Waals surface area (Å²) in [6.07, 6.45) is -0.328. The van der Waals surface area contributed by atoms with E-state index >= 15 is 0 Å². The molecule has 3 rings (SSSR count). The smallest absolute Gasteiger partial charge is 0.405 e.